The average Bonchev–Trinajstić information content (AvgIpc) is 2.01. The normalized spacial score (nSPS) is 12.2. The molecule has 1 unspecified atom stereocenters. The van der Waals surface area contributed by atoms with Crippen molar-refractivity contribution in [3.63, 3.8) is 0 Å². The number of esters is 1. The Morgan fingerprint density at radius 2 is 2.45 bits per heavy atom. The van der Waals surface area contributed by atoms with Gasteiger partial charge < -0.3 is 4.74 Å². The van der Waals surface area contributed by atoms with Crippen molar-refractivity contribution in [1.29, 1.82) is 0 Å². The van der Waals surface area contributed by atoms with Crippen molar-refractivity contribution in [3.8, 4) is 0 Å². The molecule has 0 aromatic carbocycles. The summed E-state index contributed by atoms with van der Waals surface area (Å²) in [5, 5.41) is 0. The largest absolute Gasteiger partial charge is 0.462 e. The SMILES string of the molecule is C=CC(=O)OCC(C)CCF. The summed E-state index contributed by atoms with van der Waals surface area (Å²) < 4.78 is 16.4. The molecule has 0 heterocycles. The average molecular weight is 160 g/mol. The summed E-state index contributed by atoms with van der Waals surface area (Å²) in [5.41, 5.74) is 0. The summed E-state index contributed by atoms with van der Waals surface area (Å²) in [7, 11) is 0. The predicted molar refractivity (Wildman–Crippen MR) is 40.9 cm³/mol. The van der Waals surface area contributed by atoms with Gasteiger partial charge in [0.2, 0.25) is 0 Å². The Morgan fingerprint density at radius 3 is 2.91 bits per heavy atom. The van der Waals surface area contributed by atoms with E-state index < -0.39 is 5.97 Å². The molecule has 0 aliphatic heterocycles. The Balaban J connectivity index is 3.37. The quantitative estimate of drug-likeness (QED) is 0.452. The highest BCUT2D eigenvalue weighted by Crippen LogP contribution is 2.02. The summed E-state index contributed by atoms with van der Waals surface area (Å²) in [6.45, 7) is 4.97. The third kappa shape index (κ3) is 5.58. The molecule has 3 heteroatoms. The van der Waals surface area contributed by atoms with Gasteiger partial charge in [-0.1, -0.05) is 13.5 Å². The second kappa shape index (κ2) is 5.89. The smallest absolute Gasteiger partial charge is 0.330 e. The van der Waals surface area contributed by atoms with Gasteiger partial charge in [-0.15, -0.1) is 0 Å². The molecule has 2 nitrogen and oxygen atoms in total. The zero-order valence-electron chi connectivity index (χ0n) is 6.68. The van der Waals surface area contributed by atoms with Crippen molar-refractivity contribution in [1.82, 2.24) is 0 Å². The fourth-order valence-electron chi connectivity index (χ4n) is 0.553. The van der Waals surface area contributed by atoms with Crippen LogP contribution < -0.4 is 0 Å². The van der Waals surface area contributed by atoms with E-state index >= 15 is 0 Å². The van der Waals surface area contributed by atoms with Crippen molar-refractivity contribution < 1.29 is 13.9 Å². The minimum atomic E-state index is -0.448. The van der Waals surface area contributed by atoms with E-state index in [-0.39, 0.29) is 19.2 Å². The van der Waals surface area contributed by atoms with Crippen molar-refractivity contribution >= 4 is 5.97 Å². The van der Waals surface area contributed by atoms with Crippen LogP contribution in [0, 0.1) is 5.92 Å². The van der Waals surface area contributed by atoms with Crippen LogP contribution in [0.4, 0.5) is 4.39 Å². The molecule has 0 aromatic heterocycles. The zero-order valence-corrected chi connectivity index (χ0v) is 6.68. The van der Waals surface area contributed by atoms with Crippen molar-refractivity contribution in [2.45, 2.75) is 13.3 Å². The molecule has 0 aliphatic carbocycles. The molecule has 0 spiro atoms. The number of carbonyl (C=O) groups excluding carboxylic acids is 1. The number of halogens is 1. The lowest BCUT2D eigenvalue weighted by molar-refractivity contribution is -0.139. The zero-order chi connectivity index (χ0) is 8.69. The molecule has 0 N–H and O–H groups in total. The number of carbonyl (C=O) groups is 1. The molecular formula is C8H13FO2. The van der Waals surface area contributed by atoms with Gasteiger partial charge in [0.05, 0.1) is 13.3 Å². The van der Waals surface area contributed by atoms with E-state index in [1.165, 1.54) is 0 Å². The highest BCUT2D eigenvalue weighted by Gasteiger charge is 2.03. The minimum absolute atomic E-state index is 0.0869. The number of rotatable bonds is 5. The molecule has 0 radical (unpaired) electrons. The monoisotopic (exact) mass is 160 g/mol. The standard InChI is InChI=1S/C8H13FO2/c1-3-8(10)11-6-7(2)4-5-9/h3,7H,1,4-6H2,2H3. The summed E-state index contributed by atoms with van der Waals surface area (Å²) >= 11 is 0. The van der Waals surface area contributed by atoms with Gasteiger partial charge in [-0.3, -0.25) is 4.39 Å². The van der Waals surface area contributed by atoms with E-state index in [4.69, 9.17) is 0 Å². The van der Waals surface area contributed by atoms with Crippen LogP contribution in [0.25, 0.3) is 0 Å². The molecule has 0 saturated heterocycles. The topological polar surface area (TPSA) is 26.3 Å². The highest BCUT2D eigenvalue weighted by atomic mass is 19.1. The third-order valence-corrected chi connectivity index (χ3v) is 1.28. The molecule has 1 atom stereocenters. The van der Waals surface area contributed by atoms with E-state index in [0.29, 0.717) is 6.42 Å². The fourth-order valence-corrected chi connectivity index (χ4v) is 0.553. The Bertz CT molecular complexity index is 134. The Hall–Kier alpha value is -0.860. The summed E-state index contributed by atoms with van der Waals surface area (Å²) in [6.07, 6.45) is 1.53. The van der Waals surface area contributed by atoms with Crippen LogP contribution in [0.2, 0.25) is 0 Å². The van der Waals surface area contributed by atoms with Gasteiger partial charge in [-0.2, -0.15) is 0 Å². The summed E-state index contributed by atoms with van der Waals surface area (Å²) in [5.74, 6) is -0.361. The van der Waals surface area contributed by atoms with Crippen molar-refractivity contribution in [2.24, 2.45) is 5.92 Å². The van der Waals surface area contributed by atoms with Gasteiger partial charge in [-0.25, -0.2) is 4.79 Å². The Kier molecular flexibility index (Phi) is 5.43. The van der Waals surface area contributed by atoms with Crippen LogP contribution in [0.5, 0.6) is 0 Å². The van der Waals surface area contributed by atoms with Crippen LogP contribution in [-0.4, -0.2) is 19.3 Å². The lowest BCUT2D eigenvalue weighted by Gasteiger charge is -2.07. The number of alkyl halides is 1. The second-order valence-corrected chi connectivity index (χ2v) is 2.42. The van der Waals surface area contributed by atoms with E-state index in [2.05, 4.69) is 11.3 Å². The Labute approximate surface area is 66.0 Å². The first-order valence-electron chi connectivity index (χ1n) is 3.55. The predicted octanol–water partition coefficient (Wildman–Crippen LogP) is 1.71. The molecule has 0 aromatic rings. The molecule has 0 fully saturated rings. The lowest BCUT2D eigenvalue weighted by atomic mass is 10.1. The number of hydrogen-bond acceptors (Lipinski definition) is 2. The fraction of sp³-hybridized carbons (Fsp3) is 0.625. The first-order chi connectivity index (χ1) is 5.20. The van der Waals surface area contributed by atoms with Gasteiger partial charge >= 0.3 is 5.97 Å². The molecule has 0 amide bonds. The molecule has 64 valence electrons. The van der Waals surface area contributed by atoms with E-state index in [1.807, 2.05) is 6.92 Å². The van der Waals surface area contributed by atoms with Crippen molar-refractivity contribution in [3.05, 3.63) is 12.7 Å². The van der Waals surface area contributed by atoms with Crippen LogP contribution in [0.3, 0.4) is 0 Å². The molecular weight excluding hydrogens is 147 g/mol. The van der Waals surface area contributed by atoms with Crippen LogP contribution in [-0.2, 0) is 9.53 Å². The minimum Gasteiger partial charge on any atom is -0.462 e. The Morgan fingerprint density at radius 1 is 1.82 bits per heavy atom. The van der Waals surface area contributed by atoms with Crippen LogP contribution in [0.15, 0.2) is 12.7 Å². The maximum Gasteiger partial charge on any atom is 0.330 e. The number of ether oxygens (including phenoxy) is 1. The molecule has 0 bridgehead atoms. The van der Waals surface area contributed by atoms with E-state index in [1.54, 1.807) is 0 Å². The highest BCUT2D eigenvalue weighted by molar-refractivity contribution is 5.81. The van der Waals surface area contributed by atoms with E-state index in [0.717, 1.165) is 6.08 Å². The second-order valence-electron chi connectivity index (χ2n) is 2.42. The summed E-state index contributed by atoms with van der Waals surface area (Å²) in [4.78, 5) is 10.5. The summed E-state index contributed by atoms with van der Waals surface area (Å²) in [6, 6.07) is 0. The number of hydrogen-bond donors (Lipinski definition) is 0. The van der Waals surface area contributed by atoms with Gasteiger partial charge in [0.25, 0.3) is 0 Å². The molecule has 11 heavy (non-hydrogen) atoms. The molecule has 0 rings (SSSR count). The first kappa shape index (κ1) is 10.1. The lowest BCUT2D eigenvalue weighted by Crippen LogP contribution is -2.10. The van der Waals surface area contributed by atoms with Gasteiger partial charge in [-0.05, 0) is 12.3 Å². The van der Waals surface area contributed by atoms with Gasteiger partial charge in [0, 0.05) is 6.08 Å². The van der Waals surface area contributed by atoms with E-state index in [9.17, 15) is 9.18 Å². The maximum absolute atomic E-state index is 11.7. The van der Waals surface area contributed by atoms with Crippen LogP contribution >= 0.6 is 0 Å². The first-order valence-corrected chi connectivity index (χ1v) is 3.55. The maximum atomic E-state index is 11.7. The molecule has 0 aliphatic rings. The van der Waals surface area contributed by atoms with Crippen LogP contribution in [0.1, 0.15) is 13.3 Å². The van der Waals surface area contributed by atoms with Gasteiger partial charge in [0.1, 0.15) is 0 Å². The van der Waals surface area contributed by atoms with Crippen molar-refractivity contribution in [2.75, 3.05) is 13.3 Å². The molecule has 0 saturated carbocycles. The third-order valence-electron chi connectivity index (χ3n) is 1.28. The van der Waals surface area contributed by atoms with Gasteiger partial charge in [0.15, 0.2) is 0 Å².